The van der Waals surface area contributed by atoms with Crippen LogP contribution in [0.1, 0.15) is 54.7 Å². The van der Waals surface area contributed by atoms with Crippen molar-refractivity contribution in [3.8, 4) is 0 Å². The molecule has 0 radical (unpaired) electrons. The molecule has 1 N–H and O–H groups in total. The molecule has 4 saturated carbocycles. The van der Waals surface area contributed by atoms with Crippen molar-refractivity contribution in [2.75, 3.05) is 6.54 Å². The van der Waals surface area contributed by atoms with Gasteiger partial charge in [-0.25, -0.2) is 0 Å². The summed E-state index contributed by atoms with van der Waals surface area (Å²) < 4.78 is 39.6. The fourth-order valence-electron chi connectivity index (χ4n) is 5.78. The van der Waals surface area contributed by atoms with Gasteiger partial charge in [0.05, 0.1) is 4.47 Å². The number of carbonyl (C=O) groups excluding carboxylic acids is 1. The maximum absolute atomic E-state index is 13.0. The summed E-state index contributed by atoms with van der Waals surface area (Å²) in [7, 11) is 1.36. The highest BCUT2D eigenvalue weighted by atomic mass is 79.9. The Morgan fingerprint density at radius 3 is 2.20 bits per heavy atom. The van der Waals surface area contributed by atoms with Gasteiger partial charge in [0.1, 0.15) is 5.69 Å². The highest BCUT2D eigenvalue weighted by molar-refractivity contribution is 9.10. The van der Waals surface area contributed by atoms with Crippen LogP contribution < -0.4 is 5.32 Å². The largest absolute Gasteiger partial charge is 0.436 e. The molecular formula is C17H21BrF3N3O. The average molecular weight is 420 g/mol. The maximum atomic E-state index is 13.0. The van der Waals surface area contributed by atoms with Crippen molar-refractivity contribution in [1.82, 2.24) is 15.1 Å². The fraction of sp³-hybridized carbons (Fsp3) is 0.765. The highest BCUT2D eigenvalue weighted by Gasteiger charge is 2.51. The number of rotatable bonds is 3. The third-order valence-electron chi connectivity index (χ3n) is 6.26. The normalized spacial score (nSPS) is 33.7. The van der Waals surface area contributed by atoms with Crippen molar-refractivity contribution in [2.45, 2.75) is 44.7 Å². The number of aromatic nitrogens is 2. The molecule has 0 aromatic carbocycles. The van der Waals surface area contributed by atoms with Gasteiger partial charge in [-0.15, -0.1) is 0 Å². The summed E-state index contributed by atoms with van der Waals surface area (Å²) in [6, 6.07) is 0. The van der Waals surface area contributed by atoms with E-state index in [4.69, 9.17) is 0 Å². The Hall–Kier alpha value is -1.05. The molecule has 1 aromatic heterocycles. The predicted octanol–water partition coefficient (Wildman–Crippen LogP) is 4.15. The first kappa shape index (κ1) is 17.4. The second-order valence-electron chi connectivity index (χ2n) is 8.23. The lowest BCUT2D eigenvalue weighted by Crippen LogP contribution is -2.51. The summed E-state index contributed by atoms with van der Waals surface area (Å²) in [5.41, 5.74) is -0.991. The molecule has 4 aliphatic carbocycles. The average Bonchev–Trinajstić information content (AvgIpc) is 2.79. The van der Waals surface area contributed by atoms with Gasteiger partial charge in [0.15, 0.2) is 5.69 Å². The first-order valence-corrected chi connectivity index (χ1v) is 9.54. The number of aryl methyl sites for hydroxylation is 1. The van der Waals surface area contributed by atoms with Crippen LogP contribution in [0.25, 0.3) is 0 Å². The summed E-state index contributed by atoms with van der Waals surface area (Å²) in [5.74, 6) is 1.81. The number of hydrogen-bond acceptors (Lipinski definition) is 2. The van der Waals surface area contributed by atoms with Crippen LogP contribution >= 0.6 is 15.9 Å². The molecule has 4 fully saturated rings. The molecule has 1 heterocycles. The van der Waals surface area contributed by atoms with Crippen molar-refractivity contribution >= 4 is 21.8 Å². The molecular weight excluding hydrogens is 399 g/mol. The van der Waals surface area contributed by atoms with Crippen LogP contribution in [-0.2, 0) is 13.2 Å². The summed E-state index contributed by atoms with van der Waals surface area (Å²) >= 11 is 2.91. The number of halogens is 4. The quantitative estimate of drug-likeness (QED) is 0.799. The number of hydrogen-bond donors (Lipinski definition) is 1. The first-order valence-electron chi connectivity index (χ1n) is 8.75. The second-order valence-corrected chi connectivity index (χ2v) is 9.03. The minimum atomic E-state index is -4.59. The molecule has 1 aromatic rings. The van der Waals surface area contributed by atoms with Gasteiger partial charge < -0.3 is 5.32 Å². The fourth-order valence-corrected chi connectivity index (χ4v) is 6.52. The van der Waals surface area contributed by atoms with E-state index in [1.165, 1.54) is 26.3 Å². The van der Waals surface area contributed by atoms with Crippen LogP contribution in [0, 0.1) is 23.2 Å². The van der Waals surface area contributed by atoms with Crippen molar-refractivity contribution < 1.29 is 18.0 Å². The van der Waals surface area contributed by atoms with Gasteiger partial charge in [0.25, 0.3) is 5.91 Å². The van der Waals surface area contributed by atoms with Gasteiger partial charge >= 0.3 is 6.18 Å². The Morgan fingerprint density at radius 2 is 1.76 bits per heavy atom. The molecule has 0 aliphatic heterocycles. The predicted molar refractivity (Wildman–Crippen MR) is 88.8 cm³/mol. The molecule has 1 amide bonds. The van der Waals surface area contributed by atoms with Crippen LogP contribution in [-0.4, -0.2) is 22.2 Å². The van der Waals surface area contributed by atoms with Crippen LogP contribution in [0.2, 0.25) is 0 Å². The Balaban J connectivity index is 1.49. The van der Waals surface area contributed by atoms with Gasteiger partial charge in [0.2, 0.25) is 0 Å². The number of carbonyl (C=O) groups is 1. The van der Waals surface area contributed by atoms with Gasteiger partial charge in [-0.05, 0) is 77.6 Å². The molecule has 0 spiro atoms. The zero-order valence-corrected chi connectivity index (χ0v) is 15.6. The topological polar surface area (TPSA) is 46.9 Å². The van der Waals surface area contributed by atoms with Gasteiger partial charge in [0, 0.05) is 13.6 Å². The van der Waals surface area contributed by atoms with Crippen LogP contribution in [0.15, 0.2) is 4.47 Å². The summed E-state index contributed by atoms with van der Waals surface area (Å²) in [5, 5.41) is 6.37. The molecule has 5 rings (SSSR count). The van der Waals surface area contributed by atoms with Crippen LogP contribution in [0.3, 0.4) is 0 Å². The number of nitrogens with one attached hydrogen (secondary N) is 1. The zero-order valence-electron chi connectivity index (χ0n) is 14.0. The Morgan fingerprint density at radius 1 is 1.24 bits per heavy atom. The molecule has 4 bridgehead atoms. The molecule has 25 heavy (non-hydrogen) atoms. The standard InChI is InChI=1S/C17H21BrF3N3O/c1-24-13(12(18)14(23-24)17(19,20)21)15(25)22-8-16-5-9-2-10(6-16)4-11(3-9)7-16/h9-11H,2-8H2,1H3,(H,22,25). The van der Waals surface area contributed by atoms with E-state index in [2.05, 4.69) is 26.3 Å². The Bertz CT molecular complexity index is 677. The first-order chi connectivity index (χ1) is 11.7. The minimum absolute atomic E-state index is 0.0722. The lowest BCUT2D eigenvalue weighted by molar-refractivity contribution is -0.142. The number of alkyl halides is 3. The van der Waals surface area contributed by atoms with Gasteiger partial charge in [-0.1, -0.05) is 0 Å². The lowest BCUT2D eigenvalue weighted by Gasteiger charge is -2.56. The van der Waals surface area contributed by atoms with E-state index in [9.17, 15) is 18.0 Å². The lowest BCUT2D eigenvalue weighted by atomic mass is 9.49. The molecule has 0 saturated heterocycles. The molecule has 138 valence electrons. The van der Waals surface area contributed by atoms with E-state index < -0.39 is 17.8 Å². The van der Waals surface area contributed by atoms with Crippen molar-refractivity contribution in [3.63, 3.8) is 0 Å². The third-order valence-corrected chi connectivity index (χ3v) is 7.01. The van der Waals surface area contributed by atoms with Crippen LogP contribution in [0.4, 0.5) is 13.2 Å². The van der Waals surface area contributed by atoms with Crippen molar-refractivity contribution in [2.24, 2.45) is 30.2 Å². The van der Waals surface area contributed by atoms with E-state index in [1.807, 2.05) is 0 Å². The Labute approximate surface area is 152 Å². The monoisotopic (exact) mass is 419 g/mol. The Kier molecular flexibility index (Phi) is 3.98. The van der Waals surface area contributed by atoms with Crippen molar-refractivity contribution in [3.05, 3.63) is 15.9 Å². The van der Waals surface area contributed by atoms with E-state index in [-0.39, 0.29) is 15.6 Å². The third kappa shape index (κ3) is 3.00. The molecule has 0 unspecified atom stereocenters. The van der Waals surface area contributed by atoms with Gasteiger partial charge in [-0.3, -0.25) is 9.48 Å². The molecule has 4 aliphatic rings. The van der Waals surface area contributed by atoms with E-state index in [0.717, 1.165) is 41.7 Å². The minimum Gasteiger partial charge on any atom is -0.350 e. The molecule has 0 atom stereocenters. The van der Waals surface area contributed by atoms with E-state index >= 15 is 0 Å². The molecule has 4 nitrogen and oxygen atoms in total. The molecule has 8 heteroatoms. The number of amides is 1. The highest BCUT2D eigenvalue weighted by Crippen LogP contribution is 2.59. The smallest absolute Gasteiger partial charge is 0.350 e. The maximum Gasteiger partial charge on any atom is 0.436 e. The SMILES string of the molecule is Cn1nc(C(F)(F)F)c(Br)c1C(=O)NCC12CC3CC(CC(C3)C1)C2. The van der Waals surface area contributed by atoms with E-state index in [0.29, 0.717) is 6.54 Å². The number of nitrogens with zero attached hydrogens (tertiary/aromatic N) is 2. The zero-order chi connectivity index (χ0) is 18.0. The van der Waals surface area contributed by atoms with Gasteiger partial charge in [-0.2, -0.15) is 18.3 Å². The summed E-state index contributed by atoms with van der Waals surface area (Å²) in [4.78, 5) is 12.6. The van der Waals surface area contributed by atoms with Crippen molar-refractivity contribution in [1.29, 1.82) is 0 Å². The summed E-state index contributed by atoms with van der Waals surface area (Å²) in [6.07, 6.45) is 2.77. The summed E-state index contributed by atoms with van der Waals surface area (Å²) in [6.45, 7) is 0.550. The second kappa shape index (κ2) is 5.72. The van der Waals surface area contributed by atoms with E-state index in [1.54, 1.807) is 0 Å². The van der Waals surface area contributed by atoms with Crippen LogP contribution in [0.5, 0.6) is 0 Å².